The highest BCUT2D eigenvalue weighted by Gasteiger charge is 2.27. The van der Waals surface area contributed by atoms with E-state index < -0.39 is 5.78 Å². The molecule has 0 unspecified atom stereocenters. The van der Waals surface area contributed by atoms with Gasteiger partial charge >= 0.3 is 0 Å². The Morgan fingerprint density at radius 1 is 1.57 bits per heavy atom. The highest BCUT2D eigenvalue weighted by molar-refractivity contribution is 6.33. The molecule has 1 heterocycles. The maximum absolute atomic E-state index is 11.3. The second-order valence-electron chi connectivity index (χ2n) is 3.46. The van der Waals surface area contributed by atoms with Crippen LogP contribution in [-0.4, -0.2) is 30.6 Å². The number of fused-ring (bicyclic) bond motifs is 1. The number of Topliss-reactive ketones (excluding diaryl/α,β-unsaturated/α-hetero) is 1. The Morgan fingerprint density at radius 2 is 2.36 bits per heavy atom. The predicted octanol–water partition coefficient (Wildman–Crippen LogP) is 0.840. The summed E-state index contributed by atoms with van der Waals surface area (Å²) in [5.74, 6) is -0.401. The first-order valence-electron chi connectivity index (χ1n) is 4.55. The standard InChI is InChI=1S/C11H11NO2/c1-12-6-9(11(14)7-13)8-4-2-3-5-10(8)12/h2,4-5,7H,3,6H2,1H3. The van der Waals surface area contributed by atoms with Gasteiger partial charge in [0.2, 0.25) is 5.78 Å². The highest BCUT2D eigenvalue weighted by atomic mass is 16.2. The fraction of sp³-hybridized carbons (Fsp3) is 0.273. The van der Waals surface area contributed by atoms with Crippen LogP contribution in [0.15, 0.2) is 35.1 Å². The summed E-state index contributed by atoms with van der Waals surface area (Å²) in [5, 5.41) is 0. The zero-order valence-corrected chi connectivity index (χ0v) is 7.99. The molecule has 3 heteroatoms. The molecular formula is C11H11NO2. The maximum atomic E-state index is 11.3. The van der Waals surface area contributed by atoms with E-state index in [4.69, 9.17) is 0 Å². The maximum Gasteiger partial charge on any atom is 0.223 e. The van der Waals surface area contributed by atoms with Gasteiger partial charge in [-0.3, -0.25) is 9.59 Å². The van der Waals surface area contributed by atoms with E-state index in [0.717, 1.165) is 17.7 Å². The number of aldehydes is 1. The molecule has 0 saturated carbocycles. The van der Waals surface area contributed by atoms with Crippen LogP contribution in [0.4, 0.5) is 0 Å². The van der Waals surface area contributed by atoms with E-state index in [0.29, 0.717) is 18.4 Å². The molecule has 0 N–H and O–H groups in total. The van der Waals surface area contributed by atoms with Crippen LogP contribution in [0.25, 0.3) is 0 Å². The molecule has 0 fully saturated rings. The van der Waals surface area contributed by atoms with Gasteiger partial charge in [0.05, 0.1) is 0 Å². The third kappa shape index (κ3) is 1.21. The van der Waals surface area contributed by atoms with Gasteiger partial charge in [0.25, 0.3) is 0 Å². The molecule has 0 amide bonds. The first-order valence-corrected chi connectivity index (χ1v) is 4.55. The third-order valence-electron chi connectivity index (χ3n) is 2.54. The topological polar surface area (TPSA) is 37.4 Å². The summed E-state index contributed by atoms with van der Waals surface area (Å²) >= 11 is 0. The number of allylic oxidation sites excluding steroid dienone is 3. The molecule has 2 aliphatic rings. The first kappa shape index (κ1) is 8.94. The van der Waals surface area contributed by atoms with Crippen LogP contribution in [0.3, 0.4) is 0 Å². The van der Waals surface area contributed by atoms with Crippen LogP contribution in [0.1, 0.15) is 6.42 Å². The Labute approximate surface area is 82.4 Å². The number of carbonyl (C=O) groups is 2. The van der Waals surface area contributed by atoms with Crippen molar-refractivity contribution in [3.05, 3.63) is 35.1 Å². The molecule has 0 aromatic rings. The van der Waals surface area contributed by atoms with E-state index >= 15 is 0 Å². The van der Waals surface area contributed by atoms with Gasteiger partial charge in [-0.2, -0.15) is 0 Å². The number of rotatable bonds is 2. The van der Waals surface area contributed by atoms with Crippen molar-refractivity contribution in [3.63, 3.8) is 0 Å². The van der Waals surface area contributed by atoms with Crippen molar-refractivity contribution in [2.75, 3.05) is 13.6 Å². The Hall–Kier alpha value is -1.64. The number of nitrogens with zero attached hydrogens (tertiary/aromatic N) is 1. The van der Waals surface area contributed by atoms with Crippen LogP contribution in [0.2, 0.25) is 0 Å². The minimum Gasteiger partial charge on any atom is -0.370 e. The summed E-state index contributed by atoms with van der Waals surface area (Å²) in [6, 6.07) is 0. The van der Waals surface area contributed by atoms with E-state index in [9.17, 15) is 9.59 Å². The molecule has 1 aliphatic heterocycles. The molecule has 0 saturated heterocycles. The number of likely N-dealkylation sites (N-methyl/N-ethyl adjacent to an activating group) is 1. The Balaban J connectivity index is 2.45. The predicted molar refractivity (Wildman–Crippen MR) is 52.6 cm³/mol. The molecule has 0 spiro atoms. The van der Waals surface area contributed by atoms with E-state index in [-0.39, 0.29) is 0 Å². The lowest BCUT2D eigenvalue weighted by molar-refractivity contribution is -0.127. The van der Waals surface area contributed by atoms with Gasteiger partial charge in [-0.15, -0.1) is 0 Å². The smallest absolute Gasteiger partial charge is 0.223 e. The van der Waals surface area contributed by atoms with Crippen LogP contribution >= 0.6 is 0 Å². The SMILES string of the molecule is CN1CC(C(=O)C=O)=C2C=CCC=C21. The van der Waals surface area contributed by atoms with Crippen molar-refractivity contribution >= 4 is 12.1 Å². The van der Waals surface area contributed by atoms with Gasteiger partial charge < -0.3 is 4.90 Å². The Kier molecular flexibility index (Phi) is 2.08. The molecule has 0 aromatic heterocycles. The molecule has 0 bridgehead atoms. The van der Waals surface area contributed by atoms with Crippen LogP contribution in [0, 0.1) is 0 Å². The molecule has 1 aliphatic carbocycles. The monoisotopic (exact) mass is 189 g/mol. The van der Waals surface area contributed by atoms with Crippen molar-refractivity contribution in [1.29, 1.82) is 0 Å². The third-order valence-corrected chi connectivity index (χ3v) is 2.54. The van der Waals surface area contributed by atoms with Gasteiger partial charge in [-0.25, -0.2) is 0 Å². The molecule has 0 aromatic carbocycles. The minimum absolute atomic E-state index is 0.390. The van der Waals surface area contributed by atoms with E-state index in [2.05, 4.69) is 6.08 Å². The van der Waals surface area contributed by atoms with Gasteiger partial charge in [0.15, 0.2) is 6.29 Å². The number of hydrogen-bond donors (Lipinski definition) is 0. The van der Waals surface area contributed by atoms with Crippen molar-refractivity contribution in [2.24, 2.45) is 0 Å². The lowest BCUT2D eigenvalue weighted by Crippen LogP contribution is -2.16. The van der Waals surface area contributed by atoms with Crippen LogP contribution in [0.5, 0.6) is 0 Å². The van der Waals surface area contributed by atoms with E-state index in [1.165, 1.54) is 0 Å². The number of hydrogen-bond acceptors (Lipinski definition) is 3. The summed E-state index contributed by atoms with van der Waals surface area (Å²) in [5.41, 5.74) is 2.60. The summed E-state index contributed by atoms with van der Waals surface area (Å²) in [4.78, 5) is 23.7. The van der Waals surface area contributed by atoms with Crippen LogP contribution < -0.4 is 0 Å². The fourth-order valence-corrected chi connectivity index (χ4v) is 1.87. The Morgan fingerprint density at radius 3 is 3.07 bits per heavy atom. The average Bonchev–Trinajstić information content (AvgIpc) is 2.56. The minimum atomic E-state index is -0.401. The van der Waals surface area contributed by atoms with Crippen molar-refractivity contribution in [2.45, 2.75) is 6.42 Å². The molecule has 14 heavy (non-hydrogen) atoms. The number of carbonyl (C=O) groups excluding carboxylic acids is 2. The van der Waals surface area contributed by atoms with E-state index in [1.54, 1.807) is 0 Å². The van der Waals surface area contributed by atoms with Crippen molar-refractivity contribution in [3.8, 4) is 0 Å². The second kappa shape index (κ2) is 3.25. The normalized spacial score (nSPS) is 19.5. The molecular weight excluding hydrogens is 178 g/mol. The first-order chi connectivity index (χ1) is 6.74. The lowest BCUT2D eigenvalue weighted by Gasteiger charge is -2.15. The quantitative estimate of drug-likeness (QED) is 0.477. The second-order valence-corrected chi connectivity index (χ2v) is 3.46. The molecule has 72 valence electrons. The summed E-state index contributed by atoms with van der Waals surface area (Å²) in [6.45, 7) is 0.545. The zero-order valence-electron chi connectivity index (χ0n) is 7.99. The molecule has 3 nitrogen and oxygen atoms in total. The summed E-state index contributed by atoms with van der Waals surface area (Å²) in [6.07, 6.45) is 7.28. The largest absolute Gasteiger partial charge is 0.370 e. The van der Waals surface area contributed by atoms with Crippen molar-refractivity contribution < 1.29 is 9.59 Å². The van der Waals surface area contributed by atoms with Gasteiger partial charge in [0, 0.05) is 30.4 Å². The van der Waals surface area contributed by atoms with Gasteiger partial charge in [0.1, 0.15) is 0 Å². The fourth-order valence-electron chi connectivity index (χ4n) is 1.87. The number of ketones is 1. The highest BCUT2D eigenvalue weighted by Crippen LogP contribution is 2.30. The van der Waals surface area contributed by atoms with Gasteiger partial charge in [-0.1, -0.05) is 18.2 Å². The average molecular weight is 189 g/mol. The molecule has 0 radical (unpaired) electrons. The van der Waals surface area contributed by atoms with Crippen molar-refractivity contribution in [1.82, 2.24) is 4.90 Å². The lowest BCUT2D eigenvalue weighted by atomic mass is 10.0. The Bertz CT molecular complexity index is 388. The van der Waals surface area contributed by atoms with Crippen LogP contribution in [-0.2, 0) is 9.59 Å². The molecule has 2 rings (SSSR count). The zero-order chi connectivity index (χ0) is 10.1. The molecule has 0 atom stereocenters. The summed E-state index contributed by atoms with van der Waals surface area (Å²) in [7, 11) is 1.93. The van der Waals surface area contributed by atoms with E-state index in [1.807, 2.05) is 24.1 Å². The summed E-state index contributed by atoms with van der Waals surface area (Å²) < 4.78 is 0. The van der Waals surface area contributed by atoms with Gasteiger partial charge in [-0.05, 0) is 6.42 Å².